The van der Waals surface area contributed by atoms with Crippen molar-refractivity contribution in [2.75, 3.05) is 5.32 Å². The van der Waals surface area contributed by atoms with Gasteiger partial charge in [-0.05, 0) is 31.6 Å². The maximum absolute atomic E-state index is 12.2. The van der Waals surface area contributed by atoms with E-state index >= 15 is 0 Å². The quantitative estimate of drug-likeness (QED) is 0.876. The highest BCUT2D eigenvalue weighted by atomic mass is 32.1. The van der Waals surface area contributed by atoms with Gasteiger partial charge in [0.15, 0.2) is 5.13 Å². The third-order valence-corrected chi connectivity index (χ3v) is 5.81. The fourth-order valence-electron chi connectivity index (χ4n) is 3.49. The van der Waals surface area contributed by atoms with Crippen LogP contribution in [-0.2, 0) is 4.79 Å². The van der Waals surface area contributed by atoms with Gasteiger partial charge in [0, 0.05) is 17.0 Å². The molecule has 1 aromatic rings. The maximum atomic E-state index is 12.2. The minimum Gasteiger partial charge on any atom is -0.302 e. The molecule has 0 spiro atoms. The van der Waals surface area contributed by atoms with Crippen molar-refractivity contribution in [3.63, 3.8) is 0 Å². The van der Waals surface area contributed by atoms with Gasteiger partial charge in [0.1, 0.15) is 0 Å². The Hall–Kier alpha value is -0.900. The Kier molecular flexibility index (Phi) is 4.71. The predicted molar refractivity (Wildman–Crippen MR) is 83.1 cm³/mol. The summed E-state index contributed by atoms with van der Waals surface area (Å²) in [6, 6.07) is 0. The molecule has 1 aromatic heterocycles. The van der Waals surface area contributed by atoms with Crippen molar-refractivity contribution in [3.8, 4) is 0 Å². The van der Waals surface area contributed by atoms with Gasteiger partial charge >= 0.3 is 0 Å². The van der Waals surface area contributed by atoms with Gasteiger partial charge in [0.25, 0.3) is 0 Å². The zero-order chi connectivity index (χ0) is 13.8. The highest BCUT2D eigenvalue weighted by Gasteiger charge is 2.23. The normalized spacial score (nSPS) is 21.8. The smallest absolute Gasteiger partial charge is 0.229 e. The second-order valence-corrected chi connectivity index (χ2v) is 7.29. The molecule has 0 radical (unpaired) electrons. The first-order valence-electron chi connectivity index (χ1n) is 8.09. The molecule has 3 rings (SSSR count). The number of rotatable bonds is 3. The van der Waals surface area contributed by atoms with Crippen molar-refractivity contribution in [2.45, 2.75) is 70.1 Å². The topological polar surface area (TPSA) is 42.0 Å². The Labute approximate surface area is 125 Å². The molecule has 0 unspecified atom stereocenters. The first-order valence-corrected chi connectivity index (χ1v) is 8.91. The van der Waals surface area contributed by atoms with Crippen LogP contribution in [0.1, 0.15) is 75.0 Å². The molecule has 0 saturated heterocycles. The van der Waals surface area contributed by atoms with Crippen molar-refractivity contribution >= 4 is 22.4 Å². The largest absolute Gasteiger partial charge is 0.302 e. The summed E-state index contributed by atoms with van der Waals surface area (Å²) < 4.78 is 0. The maximum Gasteiger partial charge on any atom is 0.229 e. The van der Waals surface area contributed by atoms with Crippen LogP contribution in [0.2, 0.25) is 0 Å². The summed E-state index contributed by atoms with van der Waals surface area (Å²) in [5.74, 6) is 1.08. The Bertz CT molecular complexity index is 445. The second kappa shape index (κ2) is 6.70. The van der Waals surface area contributed by atoms with Gasteiger partial charge in [-0.25, -0.2) is 4.98 Å². The highest BCUT2D eigenvalue weighted by Crippen LogP contribution is 2.36. The minimum atomic E-state index is 0.189. The number of carbonyl (C=O) groups is 1. The van der Waals surface area contributed by atoms with Gasteiger partial charge in [-0.3, -0.25) is 4.79 Å². The SMILES string of the molecule is O=C(Nc1ncc(C2CCCCC2)s1)C1CCCCC1. The van der Waals surface area contributed by atoms with Gasteiger partial charge < -0.3 is 5.32 Å². The van der Waals surface area contributed by atoms with Gasteiger partial charge in [0.05, 0.1) is 0 Å². The molecule has 110 valence electrons. The number of nitrogens with one attached hydrogen (secondary N) is 1. The van der Waals surface area contributed by atoms with Crippen LogP contribution in [0, 0.1) is 5.92 Å². The molecule has 1 amide bonds. The van der Waals surface area contributed by atoms with Crippen molar-refractivity contribution in [1.29, 1.82) is 0 Å². The van der Waals surface area contributed by atoms with Crippen LogP contribution in [0.3, 0.4) is 0 Å². The highest BCUT2D eigenvalue weighted by molar-refractivity contribution is 7.15. The summed E-state index contributed by atoms with van der Waals surface area (Å²) in [5.41, 5.74) is 0. The molecule has 4 heteroatoms. The van der Waals surface area contributed by atoms with E-state index in [1.54, 1.807) is 11.3 Å². The van der Waals surface area contributed by atoms with Crippen molar-refractivity contribution in [2.24, 2.45) is 5.92 Å². The third kappa shape index (κ3) is 3.40. The average molecular weight is 292 g/mol. The van der Waals surface area contributed by atoms with Crippen LogP contribution < -0.4 is 5.32 Å². The number of nitrogens with zero attached hydrogens (tertiary/aromatic N) is 1. The number of anilines is 1. The van der Waals surface area contributed by atoms with Gasteiger partial charge in [-0.15, -0.1) is 11.3 Å². The van der Waals surface area contributed by atoms with Crippen LogP contribution in [0.5, 0.6) is 0 Å². The lowest BCUT2D eigenvalue weighted by atomic mass is 9.89. The number of thiazole rings is 1. The fraction of sp³-hybridized carbons (Fsp3) is 0.750. The lowest BCUT2D eigenvalue weighted by Gasteiger charge is -2.20. The first kappa shape index (κ1) is 14.1. The molecule has 2 aliphatic rings. The van der Waals surface area contributed by atoms with E-state index < -0.39 is 0 Å². The van der Waals surface area contributed by atoms with Crippen molar-refractivity contribution in [3.05, 3.63) is 11.1 Å². The van der Waals surface area contributed by atoms with Crippen LogP contribution >= 0.6 is 11.3 Å². The van der Waals surface area contributed by atoms with Crippen LogP contribution in [0.25, 0.3) is 0 Å². The van der Waals surface area contributed by atoms with Crippen LogP contribution in [0.15, 0.2) is 6.20 Å². The Morgan fingerprint density at radius 2 is 1.70 bits per heavy atom. The number of carbonyl (C=O) groups excluding carboxylic acids is 1. The fourth-order valence-corrected chi connectivity index (χ4v) is 4.48. The summed E-state index contributed by atoms with van der Waals surface area (Å²) >= 11 is 1.69. The molecule has 1 heterocycles. The lowest BCUT2D eigenvalue weighted by molar-refractivity contribution is -0.120. The molecule has 0 bridgehead atoms. The summed E-state index contributed by atoms with van der Waals surface area (Å²) in [6.45, 7) is 0. The molecule has 0 aromatic carbocycles. The summed E-state index contributed by atoms with van der Waals surface area (Å²) in [4.78, 5) is 18.0. The molecule has 3 nitrogen and oxygen atoms in total. The molecule has 2 aliphatic carbocycles. The van der Waals surface area contributed by atoms with E-state index in [2.05, 4.69) is 10.3 Å². The predicted octanol–water partition coefficient (Wildman–Crippen LogP) is 4.71. The summed E-state index contributed by atoms with van der Waals surface area (Å²) in [6.07, 6.45) is 14.4. The molecule has 1 N–H and O–H groups in total. The Morgan fingerprint density at radius 3 is 2.40 bits per heavy atom. The molecule has 0 aliphatic heterocycles. The zero-order valence-corrected chi connectivity index (χ0v) is 12.9. The van der Waals surface area contributed by atoms with Gasteiger partial charge in [-0.2, -0.15) is 0 Å². The Morgan fingerprint density at radius 1 is 1.05 bits per heavy atom. The van der Waals surface area contributed by atoms with Crippen molar-refractivity contribution in [1.82, 2.24) is 4.98 Å². The zero-order valence-electron chi connectivity index (χ0n) is 12.1. The molecular weight excluding hydrogens is 268 g/mol. The molecule has 2 saturated carbocycles. The molecule has 20 heavy (non-hydrogen) atoms. The van der Waals surface area contributed by atoms with E-state index in [-0.39, 0.29) is 11.8 Å². The molecule has 0 atom stereocenters. The molecule has 2 fully saturated rings. The molecular formula is C16H24N2OS. The van der Waals surface area contributed by atoms with E-state index in [9.17, 15) is 4.79 Å². The first-order chi connectivity index (χ1) is 9.83. The second-order valence-electron chi connectivity index (χ2n) is 6.23. The monoisotopic (exact) mass is 292 g/mol. The van der Waals surface area contributed by atoms with E-state index in [1.165, 1.54) is 56.2 Å². The van der Waals surface area contributed by atoms with Gasteiger partial charge in [0.2, 0.25) is 5.91 Å². The number of hydrogen-bond donors (Lipinski definition) is 1. The van der Waals surface area contributed by atoms with Crippen LogP contribution in [-0.4, -0.2) is 10.9 Å². The van der Waals surface area contributed by atoms with Gasteiger partial charge in [-0.1, -0.05) is 38.5 Å². The summed E-state index contributed by atoms with van der Waals surface area (Å²) in [5, 5.41) is 3.85. The standard InChI is InChI=1S/C16H24N2OS/c19-15(13-9-5-2-6-10-13)18-16-17-11-14(20-16)12-7-3-1-4-8-12/h11-13H,1-10H2,(H,17,18,19). The number of aromatic nitrogens is 1. The average Bonchev–Trinajstić information content (AvgIpc) is 2.97. The van der Waals surface area contributed by atoms with E-state index in [4.69, 9.17) is 0 Å². The minimum absolute atomic E-state index is 0.189. The van der Waals surface area contributed by atoms with Crippen molar-refractivity contribution < 1.29 is 4.79 Å². The number of hydrogen-bond acceptors (Lipinski definition) is 3. The van der Waals surface area contributed by atoms with E-state index in [1.807, 2.05) is 6.20 Å². The van der Waals surface area contributed by atoms with E-state index in [0.29, 0.717) is 5.92 Å². The number of amides is 1. The van der Waals surface area contributed by atoms with Crippen LogP contribution in [0.4, 0.5) is 5.13 Å². The lowest BCUT2D eigenvalue weighted by Crippen LogP contribution is -2.24. The van der Waals surface area contributed by atoms with E-state index in [0.717, 1.165) is 18.0 Å². The Balaban J connectivity index is 1.57. The summed E-state index contributed by atoms with van der Waals surface area (Å²) in [7, 11) is 0. The third-order valence-electron chi connectivity index (χ3n) is 4.74.